The highest BCUT2D eigenvalue weighted by atomic mass is 16.3. The van der Waals surface area contributed by atoms with Crippen molar-refractivity contribution in [2.75, 3.05) is 6.61 Å². The molecule has 3 aliphatic carbocycles. The third kappa shape index (κ3) is 2.07. The van der Waals surface area contributed by atoms with Crippen LogP contribution in [0.15, 0.2) is 24.3 Å². The first kappa shape index (κ1) is 15.3. The van der Waals surface area contributed by atoms with Gasteiger partial charge in [-0.05, 0) is 66.6 Å². The van der Waals surface area contributed by atoms with Crippen molar-refractivity contribution in [3.8, 4) is 0 Å². The molecule has 0 aromatic heterocycles. The summed E-state index contributed by atoms with van der Waals surface area (Å²) in [7, 11) is 0. The first-order valence-electron chi connectivity index (χ1n) is 8.85. The molecule has 3 rings (SSSR count). The molecule has 2 saturated carbocycles. The monoisotopic (exact) mass is 288 g/mol. The fraction of sp³-hybridized carbons (Fsp3) is 0.800. The van der Waals surface area contributed by atoms with Crippen molar-refractivity contribution in [2.24, 2.45) is 28.1 Å². The Morgan fingerprint density at radius 2 is 2.00 bits per heavy atom. The SMILES string of the molecule is C=C[C@]1(C)CCC=C2[C@H]1CC[C@@H]1[C@](C)(CO)CCC[C@@]21C. The van der Waals surface area contributed by atoms with Crippen molar-refractivity contribution in [2.45, 2.75) is 65.7 Å². The molecular formula is C20H32O. The molecule has 0 heterocycles. The molecule has 0 saturated heterocycles. The van der Waals surface area contributed by atoms with E-state index in [1.807, 2.05) is 0 Å². The van der Waals surface area contributed by atoms with Crippen LogP contribution in [0.3, 0.4) is 0 Å². The quantitative estimate of drug-likeness (QED) is 0.700. The molecule has 1 nitrogen and oxygen atoms in total. The van der Waals surface area contributed by atoms with Gasteiger partial charge in [-0.15, -0.1) is 6.58 Å². The number of allylic oxidation sites excluding steroid dienone is 3. The molecule has 0 unspecified atom stereocenters. The standard InChI is InChI=1S/C20H32O/c1-5-18(2)11-6-8-16-15(18)9-10-17-19(3,14-21)12-7-13-20(16,17)4/h5,8,15,17,21H,1,6-7,9-14H2,2-4H3/t15-,17-,18-,19+,20+/m1/s1. The third-order valence-electron chi connectivity index (χ3n) is 7.50. The number of aliphatic hydroxyl groups excluding tert-OH is 1. The van der Waals surface area contributed by atoms with Crippen LogP contribution in [0.25, 0.3) is 0 Å². The van der Waals surface area contributed by atoms with Crippen LogP contribution in [0.1, 0.15) is 65.7 Å². The van der Waals surface area contributed by atoms with Gasteiger partial charge in [0.1, 0.15) is 0 Å². The first-order valence-corrected chi connectivity index (χ1v) is 8.85. The van der Waals surface area contributed by atoms with Gasteiger partial charge in [0.15, 0.2) is 0 Å². The number of hydrogen-bond donors (Lipinski definition) is 1. The highest BCUT2D eigenvalue weighted by Gasteiger charge is 2.56. The minimum Gasteiger partial charge on any atom is -0.396 e. The maximum atomic E-state index is 10.0. The second-order valence-electron chi connectivity index (χ2n) is 8.67. The Morgan fingerprint density at radius 3 is 2.67 bits per heavy atom. The molecule has 0 aromatic rings. The van der Waals surface area contributed by atoms with Gasteiger partial charge in [0.2, 0.25) is 0 Å². The lowest BCUT2D eigenvalue weighted by Gasteiger charge is -2.60. The van der Waals surface area contributed by atoms with Gasteiger partial charge in [0, 0.05) is 6.61 Å². The van der Waals surface area contributed by atoms with E-state index in [0.717, 1.165) is 0 Å². The van der Waals surface area contributed by atoms with Crippen molar-refractivity contribution in [1.29, 1.82) is 0 Å². The molecule has 0 radical (unpaired) electrons. The molecule has 3 aliphatic rings. The van der Waals surface area contributed by atoms with Gasteiger partial charge in [0.05, 0.1) is 0 Å². The zero-order valence-electron chi connectivity index (χ0n) is 14.1. The summed E-state index contributed by atoms with van der Waals surface area (Å²) in [4.78, 5) is 0. The van der Waals surface area contributed by atoms with E-state index in [1.54, 1.807) is 5.57 Å². The normalized spacial score (nSPS) is 49.8. The zero-order chi connectivity index (χ0) is 15.3. The van der Waals surface area contributed by atoms with Crippen LogP contribution in [-0.2, 0) is 0 Å². The average Bonchev–Trinajstić information content (AvgIpc) is 2.48. The molecule has 0 amide bonds. The summed E-state index contributed by atoms with van der Waals surface area (Å²) in [5, 5.41) is 10.0. The summed E-state index contributed by atoms with van der Waals surface area (Å²) in [6.07, 6.45) is 13.6. The summed E-state index contributed by atoms with van der Waals surface area (Å²) >= 11 is 0. The minimum absolute atomic E-state index is 0.126. The number of fused-ring (bicyclic) bond motifs is 3. The first-order chi connectivity index (χ1) is 9.89. The van der Waals surface area contributed by atoms with Gasteiger partial charge in [-0.3, -0.25) is 0 Å². The Bertz CT molecular complexity index is 464. The van der Waals surface area contributed by atoms with E-state index in [4.69, 9.17) is 0 Å². The Labute approximate surface area is 130 Å². The molecular weight excluding hydrogens is 256 g/mol. The summed E-state index contributed by atoms with van der Waals surface area (Å²) in [5.74, 6) is 1.34. The Morgan fingerprint density at radius 1 is 1.24 bits per heavy atom. The fourth-order valence-corrected chi connectivity index (χ4v) is 6.08. The lowest BCUT2D eigenvalue weighted by atomic mass is 9.44. The van der Waals surface area contributed by atoms with E-state index >= 15 is 0 Å². The maximum absolute atomic E-state index is 10.0. The summed E-state index contributed by atoms with van der Waals surface area (Å²) < 4.78 is 0. The molecule has 0 bridgehead atoms. The van der Waals surface area contributed by atoms with E-state index in [0.29, 0.717) is 23.9 Å². The lowest BCUT2D eigenvalue weighted by molar-refractivity contribution is -0.0618. The third-order valence-corrected chi connectivity index (χ3v) is 7.50. The molecule has 1 N–H and O–H groups in total. The largest absolute Gasteiger partial charge is 0.396 e. The Hall–Kier alpha value is -0.560. The second kappa shape index (κ2) is 4.98. The second-order valence-corrected chi connectivity index (χ2v) is 8.67. The highest BCUT2D eigenvalue weighted by molar-refractivity contribution is 5.30. The summed E-state index contributed by atoms with van der Waals surface area (Å²) in [6.45, 7) is 11.7. The maximum Gasteiger partial charge on any atom is 0.0487 e. The summed E-state index contributed by atoms with van der Waals surface area (Å²) in [5.41, 5.74) is 2.43. The molecule has 0 aromatic carbocycles. The van der Waals surface area contributed by atoms with E-state index in [2.05, 4.69) is 39.5 Å². The van der Waals surface area contributed by atoms with E-state index in [1.165, 1.54) is 44.9 Å². The van der Waals surface area contributed by atoms with Crippen LogP contribution in [-0.4, -0.2) is 11.7 Å². The van der Waals surface area contributed by atoms with Gasteiger partial charge in [-0.25, -0.2) is 0 Å². The fourth-order valence-electron chi connectivity index (χ4n) is 6.08. The topological polar surface area (TPSA) is 20.2 Å². The lowest BCUT2D eigenvalue weighted by Crippen LogP contribution is -2.52. The number of rotatable bonds is 2. The van der Waals surface area contributed by atoms with Gasteiger partial charge in [-0.2, -0.15) is 0 Å². The Balaban J connectivity index is 2.02. The van der Waals surface area contributed by atoms with Crippen LogP contribution < -0.4 is 0 Å². The Kier molecular flexibility index (Phi) is 3.64. The number of hydrogen-bond acceptors (Lipinski definition) is 1. The zero-order valence-corrected chi connectivity index (χ0v) is 14.1. The van der Waals surface area contributed by atoms with Crippen molar-refractivity contribution in [1.82, 2.24) is 0 Å². The molecule has 0 spiro atoms. The van der Waals surface area contributed by atoms with Crippen LogP contribution in [0.5, 0.6) is 0 Å². The van der Waals surface area contributed by atoms with Crippen molar-refractivity contribution < 1.29 is 5.11 Å². The van der Waals surface area contributed by atoms with Gasteiger partial charge in [0.25, 0.3) is 0 Å². The van der Waals surface area contributed by atoms with Gasteiger partial charge < -0.3 is 5.11 Å². The predicted octanol–water partition coefficient (Wildman–Crippen LogP) is 5.11. The van der Waals surface area contributed by atoms with Crippen LogP contribution in [0.4, 0.5) is 0 Å². The highest BCUT2D eigenvalue weighted by Crippen LogP contribution is 2.64. The van der Waals surface area contributed by atoms with Crippen molar-refractivity contribution in [3.63, 3.8) is 0 Å². The van der Waals surface area contributed by atoms with Crippen LogP contribution in [0.2, 0.25) is 0 Å². The predicted molar refractivity (Wildman–Crippen MR) is 89.0 cm³/mol. The molecule has 5 atom stereocenters. The van der Waals surface area contributed by atoms with Crippen LogP contribution >= 0.6 is 0 Å². The molecule has 0 aliphatic heterocycles. The number of aliphatic hydroxyl groups is 1. The average molecular weight is 288 g/mol. The van der Waals surface area contributed by atoms with E-state index in [-0.39, 0.29) is 10.8 Å². The molecule has 21 heavy (non-hydrogen) atoms. The van der Waals surface area contributed by atoms with Crippen molar-refractivity contribution in [3.05, 3.63) is 24.3 Å². The summed E-state index contributed by atoms with van der Waals surface area (Å²) in [6, 6.07) is 0. The molecule has 2 fully saturated rings. The molecule has 1 heteroatoms. The van der Waals surface area contributed by atoms with Crippen LogP contribution in [0, 0.1) is 28.1 Å². The van der Waals surface area contributed by atoms with E-state index in [9.17, 15) is 5.11 Å². The van der Waals surface area contributed by atoms with Crippen molar-refractivity contribution >= 4 is 0 Å². The van der Waals surface area contributed by atoms with E-state index < -0.39 is 0 Å². The van der Waals surface area contributed by atoms with Gasteiger partial charge in [-0.1, -0.05) is 44.9 Å². The minimum atomic E-state index is 0.126. The smallest absolute Gasteiger partial charge is 0.0487 e. The van der Waals surface area contributed by atoms with Gasteiger partial charge >= 0.3 is 0 Å². The molecule has 118 valence electrons.